The summed E-state index contributed by atoms with van der Waals surface area (Å²) in [6.45, 7) is 1.83. The molecule has 1 aromatic heterocycles. The summed E-state index contributed by atoms with van der Waals surface area (Å²) < 4.78 is 5.81. The van der Waals surface area contributed by atoms with Gasteiger partial charge in [-0.25, -0.2) is 0 Å². The van der Waals surface area contributed by atoms with Gasteiger partial charge in [-0.15, -0.1) is 18.2 Å². The molecule has 0 saturated heterocycles. The number of rotatable bonds is 9. The highest BCUT2D eigenvalue weighted by Crippen LogP contribution is 2.42. The molecule has 2 aromatic rings. The number of terminal acetylenes is 1. The fraction of sp³-hybridized carbons (Fsp3) is 0.333. The molecule has 0 spiro atoms. The van der Waals surface area contributed by atoms with E-state index in [1.807, 2.05) is 19.1 Å². The van der Waals surface area contributed by atoms with Crippen molar-refractivity contribution in [2.24, 2.45) is 5.41 Å². The number of thiocarbonyl (C=S) groups is 1. The molecule has 1 heterocycles. The first kappa shape index (κ1) is 22.0. The topological polar surface area (TPSA) is 63.0 Å². The highest BCUT2D eigenvalue weighted by Gasteiger charge is 2.36. The predicted octanol–water partition coefficient (Wildman–Crippen LogP) is 4.66. The van der Waals surface area contributed by atoms with Crippen LogP contribution >= 0.6 is 24.0 Å². The van der Waals surface area contributed by atoms with Gasteiger partial charge in [-0.2, -0.15) is 5.26 Å². The highest BCUT2D eigenvalue weighted by atomic mass is 32.2. The number of fused-ring (bicyclic) bond motifs is 2. The Labute approximate surface area is 187 Å². The summed E-state index contributed by atoms with van der Waals surface area (Å²) in [4.78, 5) is 16.1. The van der Waals surface area contributed by atoms with Crippen molar-refractivity contribution in [3.8, 4) is 18.4 Å². The number of pyridine rings is 1. The molecule has 0 N–H and O–H groups in total. The second-order valence-corrected chi connectivity index (χ2v) is 9.19. The lowest BCUT2D eigenvalue weighted by Gasteiger charge is -2.32. The standard InChI is InChI=1S/C24H22N2O2S2/c1-3-12-28-22(27)6-9-24(2,16-25)21(18-7-10-26-11-8-18)15-30-23(29)20-5-4-17-13-19(20)14-17/h1,4-5,7-8,10-11,13,21H,6,9,12,14-15H2,2H3. The molecule has 0 radical (unpaired) electrons. The Morgan fingerprint density at radius 3 is 2.73 bits per heavy atom. The summed E-state index contributed by atoms with van der Waals surface area (Å²) in [5.41, 5.74) is 3.96. The molecule has 0 fully saturated rings. The van der Waals surface area contributed by atoms with Crippen molar-refractivity contribution in [3.63, 3.8) is 0 Å². The first-order valence-electron chi connectivity index (χ1n) is 9.66. The van der Waals surface area contributed by atoms with Crippen molar-refractivity contribution in [2.75, 3.05) is 12.4 Å². The number of nitriles is 1. The Kier molecular flexibility index (Phi) is 7.26. The molecular formula is C24H22N2O2S2. The maximum absolute atomic E-state index is 12.0. The first-order chi connectivity index (χ1) is 14.5. The van der Waals surface area contributed by atoms with Crippen LogP contribution in [0, 0.1) is 29.1 Å². The van der Waals surface area contributed by atoms with Crippen LogP contribution in [0.4, 0.5) is 0 Å². The Hall–Kier alpha value is -2.67. The maximum atomic E-state index is 12.0. The zero-order chi connectivity index (χ0) is 21.6. The van der Waals surface area contributed by atoms with E-state index in [-0.39, 0.29) is 18.9 Å². The SMILES string of the molecule is C#CCOC(=O)CCC(C)(C#N)C(CSC(=S)c1ccc2cc1C2)c1ccncc1. The normalized spacial score (nSPS) is 14.4. The van der Waals surface area contributed by atoms with Gasteiger partial charge in [0.1, 0.15) is 0 Å². The fourth-order valence-corrected chi connectivity index (χ4v) is 5.17. The van der Waals surface area contributed by atoms with E-state index in [0.29, 0.717) is 12.2 Å². The fourth-order valence-electron chi connectivity index (χ4n) is 3.54. The van der Waals surface area contributed by atoms with Crippen LogP contribution < -0.4 is 0 Å². The zero-order valence-electron chi connectivity index (χ0n) is 16.8. The van der Waals surface area contributed by atoms with Crippen LogP contribution in [0.15, 0.2) is 42.7 Å². The van der Waals surface area contributed by atoms with Crippen molar-refractivity contribution in [1.82, 2.24) is 4.98 Å². The largest absolute Gasteiger partial charge is 0.452 e. The van der Waals surface area contributed by atoms with Crippen LogP contribution in [0.2, 0.25) is 0 Å². The van der Waals surface area contributed by atoms with Crippen LogP contribution in [0.25, 0.3) is 0 Å². The lowest BCUT2D eigenvalue weighted by atomic mass is 9.72. The van der Waals surface area contributed by atoms with E-state index in [1.165, 1.54) is 11.1 Å². The molecule has 2 unspecified atom stereocenters. The van der Waals surface area contributed by atoms with Crippen LogP contribution in [-0.2, 0) is 16.0 Å². The van der Waals surface area contributed by atoms with E-state index in [4.69, 9.17) is 23.4 Å². The molecule has 30 heavy (non-hydrogen) atoms. The van der Waals surface area contributed by atoms with E-state index >= 15 is 0 Å². The summed E-state index contributed by atoms with van der Waals surface area (Å²) in [7, 11) is 0. The lowest BCUT2D eigenvalue weighted by molar-refractivity contribution is -0.142. The number of carbonyl (C=O) groups is 1. The van der Waals surface area contributed by atoms with Crippen molar-refractivity contribution in [2.45, 2.75) is 32.1 Å². The molecule has 4 rings (SSSR count). The van der Waals surface area contributed by atoms with Gasteiger partial charge in [0.25, 0.3) is 0 Å². The van der Waals surface area contributed by atoms with Crippen molar-refractivity contribution in [3.05, 3.63) is 65.0 Å². The number of ether oxygens (including phenoxy) is 1. The number of esters is 1. The minimum absolute atomic E-state index is 0.0544. The lowest BCUT2D eigenvalue weighted by Crippen LogP contribution is -2.28. The van der Waals surface area contributed by atoms with E-state index in [0.717, 1.165) is 21.7 Å². The Morgan fingerprint density at radius 2 is 2.13 bits per heavy atom. The summed E-state index contributed by atoms with van der Waals surface area (Å²) in [5.74, 6) is 2.40. The average molecular weight is 435 g/mol. The number of nitrogens with zero attached hydrogens (tertiary/aromatic N) is 2. The average Bonchev–Trinajstić information content (AvgIpc) is 2.76. The van der Waals surface area contributed by atoms with Crippen molar-refractivity contribution in [1.29, 1.82) is 5.26 Å². The van der Waals surface area contributed by atoms with Crippen LogP contribution in [0.3, 0.4) is 0 Å². The molecule has 0 saturated carbocycles. The number of thioether (sulfide) groups is 1. The van der Waals surface area contributed by atoms with E-state index in [1.54, 1.807) is 24.2 Å². The molecule has 0 aliphatic heterocycles. The molecule has 2 bridgehead atoms. The number of carbonyl (C=O) groups excluding carboxylic acids is 1. The van der Waals surface area contributed by atoms with Gasteiger partial charge in [-0.05, 0) is 48.6 Å². The first-order valence-corrected chi connectivity index (χ1v) is 11.1. The molecule has 2 aliphatic carbocycles. The third-order valence-corrected chi connectivity index (χ3v) is 7.02. The molecule has 4 nitrogen and oxygen atoms in total. The van der Waals surface area contributed by atoms with Gasteiger partial charge in [-0.3, -0.25) is 9.78 Å². The predicted molar refractivity (Wildman–Crippen MR) is 123 cm³/mol. The van der Waals surface area contributed by atoms with Gasteiger partial charge in [0.15, 0.2) is 6.61 Å². The summed E-state index contributed by atoms with van der Waals surface area (Å²) in [6, 6.07) is 12.6. The zero-order valence-corrected chi connectivity index (χ0v) is 18.4. The third-order valence-electron chi connectivity index (χ3n) is 5.46. The Morgan fingerprint density at radius 1 is 1.40 bits per heavy atom. The van der Waals surface area contributed by atoms with Crippen LogP contribution in [-0.4, -0.2) is 27.5 Å². The maximum Gasteiger partial charge on any atom is 0.306 e. The smallest absolute Gasteiger partial charge is 0.306 e. The summed E-state index contributed by atoms with van der Waals surface area (Å²) in [5, 5.41) is 10.0. The van der Waals surface area contributed by atoms with Crippen molar-refractivity contribution < 1.29 is 9.53 Å². The molecule has 152 valence electrons. The van der Waals surface area contributed by atoms with Gasteiger partial charge in [0.05, 0.1) is 15.7 Å². The Bertz CT molecular complexity index is 1020. The number of hydrogen-bond donors (Lipinski definition) is 0. The second kappa shape index (κ2) is 9.89. The van der Waals surface area contributed by atoms with E-state index in [9.17, 15) is 10.1 Å². The van der Waals surface area contributed by atoms with E-state index in [2.05, 4.69) is 35.2 Å². The monoisotopic (exact) mass is 434 g/mol. The molecular weight excluding hydrogens is 412 g/mol. The van der Waals surface area contributed by atoms with Gasteiger partial charge < -0.3 is 4.74 Å². The molecule has 1 aromatic carbocycles. The van der Waals surface area contributed by atoms with Crippen LogP contribution in [0.5, 0.6) is 0 Å². The van der Waals surface area contributed by atoms with E-state index < -0.39 is 11.4 Å². The quantitative estimate of drug-likeness (QED) is 0.277. The second-order valence-electron chi connectivity index (χ2n) is 7.49. The van der Waals surface area contributed by atoms with Crippen molar-refractivity contribution >= 4 is 34.1 Å². The number of benzene rings is 1. The highest BCUT2D eigenvalue weighted by molar-refractivity contribution is 8.23. The third kappa shape index (κ3) is 5.08. The van der Waals surface area contributed by atoms with Gasteiger partial charge in [0.2, 0.25) is 0 Å². The summed E-state index contributed by atoms with van der Waals surface area (Å²) >= 11 is 7.28. The minimum Gasteiger partial charge on any atom is -0.452 e. The Balaban J connectivity index is 1.75. The van der Waals surface area contributed by atoms with Gasteiger partial charge in [-0.1, -0.05) is 36.3 Å². The molecule has 0 amide bonds. The number of hydrogen-bond acceptors (Lipinski definition) is 6. The molecule has 2 atom stereocenters. The molecule has 2 aliphatic rings. The van der Waals surface area contributed by atoms with Gasteiger partial charge >= 0.3 is 5.97 Å². The number of aromatic nitrogens is 1. The minimum atomic E-state index is -0.775. The molecule has 6 heteroatoms. The van der Waals surface area contributed by atoms with Crippen LogP contribution in [0.1, 0.15) is 47.9 Å². The summed E-state index contributed by atoms with van der Waals surface area (Å²) in [6.07, 6.45) is 10.1. The van der Waals surface area contributed by atoms with Gasteiger partial charge in [0, 0.05) is 36.0 Å².